The van der Waals surface area contributed by atoms with Gasteiger partial charge >= 0.3 is 12.1 Å². The lowest BCUT2D eigenvalue weighted by Crippen LogP contribution is -2.49. The Hall–Kier alpha value is -3.14. The van der Waals surface area contributed by atoms with Gasteiger partial charge in [0.25, 0.3) is 0 Å². The van der Waals surface area contributed by atoms with Crippen molar-refractivity contribution in [1.29, 1.82) is 0 Å². The molecule has 1 aliphatic heterocycles. The summed E-state index contributed by atoms with van der Waals surface area (Å²) in [6, 6.07) is 3.75. The van der Waals surface area contributed by atoms with E-state index in [0.29, 0.717) is 43.2 Å². The number of pyridine rings is 1. The van der Waals surface area contributed by atoms with E-state index in [2.05, 4.69) is 10.1 Å². The van der Waals surface area contributed by atoms with Gasteiger partial charge in [0, 0.05) is 19.7 Å². The molecule has 0 radical (unpaired) electrons. The second kappa shape index (κ2) is 9.78. The zero-order chi connectivity index (χ0) is 23.5. The Morgan fingerprint density at radius 2 is 2.09 bits per heavy atom. The van der Waals surface area contributed by atoms with Crippen LogP contribution >= 0.6 is 0 Å². The second-order valence-corrected chi connectivity index (χ2v) is 8.71. The summed E-state index contributed by atoms with van der Waals surface area (Å²) in [5.41, 5.74) is 2.92. The predicted molar refractivity (Wildman–Crippen MR) is 118 cm³/mol. The number of hydrogen-bond acceptors (Lipinski definition) is 7. The van der Waals surface area contributed by atoms with Crippen molar-refractivity contribution < 1.29 is 28.9 Å². The molecule has 10 nitrogen and oxygen atoms in total. The largest absolute Gasteiger partial charge is 0.489 e. The fourth-order valence-electron chi connectivity index (χ4n) is 4.15. The van der Waals surface area contributed by atoms with Crippen LogP contribution in [0.2, 0.25) is 0 Å². The van der Waals surface area contributed by atoms with Crippen molar-refractivity contribution >= 4 is 12.1 Å². The van der Waals surface area contributed by atoms with Gasteiger partial charge in [-0.05, 0) is 44.7 Å². The first-order valence-corrected chi connectivity index (χ1v) is 11.2. The van der Waals surface area contributed by atoms with Crippen LogP contribution in [-0.2, 0) is 27.9 Å². The van der Waals surface area contributed by atoms with E-state index in [-0.39, 0.29) is 24.7 Å². The number of carbonyl (C=O) groups excluding carboxylic acids is 1. The van der Waals surface area contributed by atoms with Crippen molar-refractivity contribution in [3.05, 3.63) is 29.7 Å². The quantitative estimate of drug-likeness (QED) is 0.673. The first-order valence-electron chi connectivity index (χ1n) is 11.2. The number of ether oxygens (including phenoxy) is 3. The number of aryl methyl sites for hydroxylation is 2. The van der Waals surface area contributed by atoms with Crippen molar-refractivity contribution in [3.63, 3.8) is 0 Å². The van der Waals surface area contributed by atoms with Crippen molar-refractivity contribution in [2.45, 2.75) is 51.4 Å². The van der Waals surface area contributed by atoms with Gasteiger partial charge in [-0.15, -0.1) is 0 Å². The molecule has 33 heavy (non-hydrogen) atoms. The summed E-state index contributed by atoms with van der Waals surface area (Å²) in [5.74, 6) is -0.464. The van der Waals surface area contributed by atoms with Crippen molar-refractivity contribution in [3.8, 4) is 17.0 Å². The molecular weight excluding hydrogens is 428 g/mol. The molecule has 2 aliphatic rings. The lowest BCUT2D eigenvalue weighted by molar-refractivity contribution is -0.143. The minimum Gasteiger partial charge on any atom is -0.489 e. The van der Waals surface area contributed by atoms with E-state index < -0.39 is 12.1 Å². The summed E-state index contributed by atoms with van der Waals surface area (Å²) in [6.07, 6.45) is 4.05. The highest BCUT2D eigenvalue weighted by atomic mass is 16.6. The first-order chi connectivity index (χ1) is 15.8. The number of rotatable bonds is 7. The molecule has 178 valence electrons. The molecule has 1 amide bonds. The van der Waals surface area contributed by atoms with E-state index in [1.54, 1.807) is 29.9 Å². The van der Waals surface area contributed by atoms with Gasteiger partial charge in [0.1, 0.15) is 12.4 Å². The van der Waals surface area contributed by atoms with Crippen LogP contribution < -0.4 is 4.74 Å². The summed E-state index contributed by atoms with van der Waals surface area (Å²) in [5, 5.41) is 13.6. The van der Waals surface area contributed by atoms with Gasteiger partial charge in [0.2, 0.25) is 0 Å². The Bertz CT molecular complexity index is 1020. The molecule has 2 fully saturated rings. The van der Waals surface area contributed by atoms with Crippen LogP contribution in [-0.4, -0.2) is 69.2 Å². The van der Waals surface area contributed by atoms with Crippen LogP contribution in [0.4, 0.5) is 4.79 Å². The molecule has 1 aliphatic carbocycles. The number of aromatic nitrogens is 3. The fraction of sp³-hybridized carbons (Fsp3) is 0.565. The third-order valence-electron chi connectivity index (χ3n) is 6.43. The monoisotopic (exact) mass is 458 g/mol. The van der Waals surface area contributed by atoms with E-state index in [0.717, 1.165) is 24.1 Å². The van der Waals surface area contributed by atoms with E-state index in [9.17, 15) is 14.7 Å². The second-order valence-electron chi connectivity index (χ2n) is 8.71. The number of likely N-dealkylation sites (N-methyl/N-ethyl adjacent to an activating group) is 1. The number of amides is 1. The number of nitrogens with zero attached hydrogens (tertiary/aromatic N) is 4. The van der Waals surface area contributed by atoms with Crippen LogP contribution in [0.5, 0.6) is 5.75 Å². The average molecular weight is 459 g/mol. The van der Waals surface area contributed by atoms with Crippen LogP contribution in [0.25, 0.3) is 11.3 Å². The zero-order valence-corrected chi connectivity index (χ0v) is 19.2. The standard InChI is InChI=1S/C23H30N4O6/c1-14-21(33-17-6-4-5-15(9-17)22(28)29)8-7-19(25-14)18-10-24-27(3)20(18)13-32-23(30)26(2)16-11-31-12-16/h7-8,10,15-17H,4-6,9,11-13H2,1-3H3,(H,28,29)/t15-,17-/m0/s1. The van der Waals surface area contributed by atoms with Crippen molar-refractivity contribution in [2.75, 3.05) is 20.3 Å². The smallest absolute Gasteiger partial charge is 0.410 e. The van der Waals surface area contributed by atoms with Gasteiger partial charge in [-0.3, -0.25) is 9.48 Å². The van der Waals surface area contributed by atoms with Gasteiger partial charge in [-0.2, -0.15) is 5.10 Å². The molecule has 4 rings (SSSR count). The Balaban J connectivity index is 1.43. The highest BCUT2D eigenvalue weighted by Crippen LogP contribution is 2.31. The molecule has 10 heteroatoms. The lowest BCUT2D eigenvalue weighted by Gasteiger charge is -2.33. The maximum absolute atomic E-state index is 12.3. The van der Waals surface area contributed by atoms with E-state index >= 15 is 0 Å². The summed E-state index contributed by atoms with van der Waals surface area (Å²) in [7, 11) is 3.50. The number of hydrogen-bond donors (Lipinski definition) is 1. The molecule has 0 aromatic carbocycles. The molecular formula is C23H30N4O6. The Morgan fingerprint density at radius 1 is 1.30 bits per heavy atom. The summed E-state index contributed by atoms with van der Waals surface area (Å²) >= 11 is 0. The molecule has 2 aromatic heterocycles. The SMILES string of the molecule is Cc1nc(-c2cnn(C)c2COC(=O)N(C)C2COC2)ccc1O[C@H]1CCC[C@H](C(=O)O)C1. The third kappa shape index (κ3) is 5.11. The number of aliphatic carboxylic acids is 1. The Morgan fingerprint density at radius 3 is 2.76 bits per heavy atom. The number of carboxylic acid groups (broad SMARTS) is 1. The van der Waals surface area contributed by atoms with Crippen LogP contribution in [0.3, 0.4) is 0 Å². The molecule has 1 saturated heterocycles. The number of carbonyl (C=O) groups is 2. The highest BCUT2D eigenvalue weighted by Gasteiger charge is 2.29. The topological polar surface area (TPSA) is 116 Å². The number of carboxylic acids is 1. The summed E-state index contributed by atoms with van der Waals surface area (Å²) in [4.78, 5) is 29.9. The minimum atomic E-state index is -0.759. The Labute approximate surface area is 192 Å². The average Bonchev–Trinajstić information content (AvgIpc) is 3.12. The maximum atomic E-state index is 12.3. The molecule has 3 heterocycles. The van der Waals surface area contributed by atoms with Gasteiger partial charge < -0.3 is 24.2 Å². The van der Waals surface area contributed by atoms with Crippen LogP contribution in [0.1, 0.15) is 37.1 Å². The fourth-order valence-corrected chi connectivity index (χ4v) is 4.15. The first kappa shape index (κ1) is 23.0. The van der Waals surface area contributed by atoms with Gasteiger partial charge in [-0.1, -0.05) is 0 Å². The van der Waals surface area contributed by atoms with Crippen molar-refractivity contribution in [2.24, 2.45) is 13.0 Å². The molecule has 1 saturated carbocycles. The van der Waals surface area contributed by atoms with E-state index in [4.69, 9.17) is 14.2 Å². The van der Waals surface area contributed by atoms with Gasteiger partial charge in [-0.25, -0.2) is 9.78 Å². The zero-order valence-electron chi connectivity index (χ0n) is 19.2. The molecule has 2 atom stereocenters. The maximum Gasteiger partial charge on any atom is 0.410 e. The Kier molecular flexibility index (Phi) is 6.83. The third-order valence-corrected chi connectivity index (χ3v) is 6.43. The molecule has 2 aromatic rings. The summed E-state index contributed by atoms with van der Waals surface area (Å²) < 4.78 is 18.4. The molecule has 1 N–H and O–H groups in total. The highest BCUT2D eigenvalue weighted by molar-refractivity contribution is 5.70. The minimum absolute atomic E-state index is 0.0512. The van der Waals surface area contributed by atoms with E-state index in [1.165, 1.54) is 0 Å². The van der Waals surface area contributed by atoms with Gasteiger partial charge in [0.05, 0.1) is 54.6 Å². The molecule has 0 bridgehead atoms. The normalized spacial score (nSPS) is 20.7. The van der Waals surface area contributed by atoms with Gasteiger partial charge in [0.15, 0.2) is 0 Å². The molecule has 0 spiro atoms. The van der Waals surface area contributed by atoms with Crippen LogP contribution in [0, 0.1) is 12.8 Å². The molecule has 0 unspecified atom stereocenters. The predicted octanol–water partition coefficient (Wildman–Crippen LogP) is 2.78. The van der Waals surface area contributed by atoms with Crippen molar-refractivity contribution in [1.82, 2.24) is 19.7 Å². The van der Waals surface area contributed by atoms with E-state index in [1.807, 2.05) is 19.1 Å². The summed E-state index contributed by atoms with van der Waals surface area (Å²) in [6.45, 7) is 2.98. The lowest BCUT2D eigenvalue weighted by atomic mass is 9.87. The van der Waals surface area contributed by atoms with Crippen LogP contribution in [0.15, 0.2) is 18.3 Å².